The number of unbranched alkanes of at least 4 members (excludes halogenated alkanes) is 1. The summed E-state index contributed by atoms with van der Waals surface area (Å²) in [6.07, 6.45) is 1.20. The van der Waals surface area contributed by atoms with Gasteiger partial charge < -0.3 is 0 Å². The Morgan fingerprint density at radius 3 is 2.27 bits per heavy atom. The third-order valence-corrected chi connectivity index (χ3v) is 4.05. The normalized spacial score (nSPS) is 11.6. The standard InChI is InChI=1S/C10H12ClFO2S/c11-7-1-2-8-15(13,14)10-5-3-9(12)4-6-10/h3-6H,1-2,7-8H2. The summed E-state index contributed by atoms with van der Waals surface area (Å²) >= 11 is 5.45. The molecule has 0 aliphatic rings. The molecule has 0 fully saturated rings. The smallest absolute Gasteiger partial charge is 0.178 e. The summed E-state index contributed by atoms with van der Waals surface area (Å²) < 4.78 is 35.9. The monoisotopic (exact) mass is 250 g/mol. The molecule has 0 aliphatic carbocycles. The van der Waals surface area contributed by atoms with Crippen LogP contribution in [0, 0.1) is 5.82 Å². The highest BCUT2D eigenvalue weighted by Crippen LogP contribution is 2.13. The highest BCUT2D eigenvalue weighted by Gasteiger charge is 2.13. The fraction of sp³-hybridized carbons (Fsp3) is 0.400. The molecular weight excluding hydrogens is 239 g/mol. The molecule has 0 atom stereocenters. The molecule has 1 rings (SSSR count). The first-order valence-corrected chi connectivity index (χ1v) is 6.79. The summed E-state index contributed by atoms with van der Waals surface area (Å²) in [5.41, 5.74) is 0. The van der Waals surface area contributed by atoms with Crippen molar-refractivity contribution in [1.29, 1.82) is 0 Å². The third kappa shape index (κ3) is 3.80. The van der Waals surface area contributed by atoms with Gasteiger partial charge in [0.25, 0.3) is 0 Å². The van der Waals surface area contributed by atoms with Gasteiger partial charge in [-0.2, -0.15) is 0 Å². The van der Waals surface area contributed by atoms with Crippen LogP contribution in [0.3, 0.4) is 0 Å². The fourth-order valence-electron chi connectivity index (χ4n) is 1.15. The Balaban J connectivity index is 2.73. The Kier molecular flexibility index (Phi) is 4.54. The maximum atomic E-state index is 12.6. The number of hydrogen-bond acceptors (Lipinski definition) is 2. The highest BCUT2D eigenvalue weighted by molar-refractivity contribution is 7.91. The zero-order valence-electron chi connectivity index (χ0n) is 8.12. The number of sulfone groups is 1. The molecule has 0 spiro atoms. The molecule has 0 amide bonds. The van der Waals surface area contributed by atoms with Gasteiger partial charge in [0.15, 0.2) is 9.84 Å². The highest BCUT2D eigenvalue weighted by atomic mass is 35.5. The lowest BCUT2D eigenvalue weighted by Gasteiger charge is -2.03. The van der Waals surface area contributed by atoms with E-state index < -0.39 is 15.7 Å². The van der Waals surface area contributed by atoms with E-state index >= 15 is 0 Å². The van der Waals surface area contributed by atoms with E-state index in [9.17, 15) is 12.8 Å². The van der Waals surface area contributed by atoms with E-state index in [1.54, 1.807) is 0 Å². The van der Waals surface area contributed by atoms with E-state index in [2.05, 4.69) is 0 Å². The van der Waals surface area contributed by atoms with Gasteiger partial charge in [0.05, 0.1) is 10.6 Å². The maximum absolute atomic E-state index is 12.6. The Bertz CT molecular complexity index is 400. The quantitative estimate of drug-likeness (QED) is 0.457. The summed E-state index contributed by atoms with van der Waals surface area (Å²) in [6.45, 7) is 0. The van der Waals surface area contributed by atoms with Crippen molar-refractivity contribution in [2.75, 3.05) is 11.6 Å². The van der Waals surface area contributed by atoms with Crippen LogP contribution in [0.4, 0.5) is 4.39 Å². The molecule has 0 unspecified atom stereocenters. The minimum atomic E-state index is -3.27. The van der Waals surface area contributed by atoms with Gasteiger partial charge in [-0.15, -0.1) is 11.6 Å². The molecule has 1 aromatic rings. The van der Waals surface area contributed by atoms with Crippen LogP contribution in [-0.2, 0) is 9.84 Å². The molecule has 5 heteroatoms. The second kappa shape index (κ2) is 5.47. The van der Waals surface area contributed by atoms with Gasteiger partial charge in [-0.25, -0.2) is 12.8 Å². The largest absolute Gasteiger partial charge is 0.224 e. The van der Waals surface area contributed by atoms with E-state index in [0.717, 1.165) is 12.1 Å². The summed E-state index contributed by atoms with van der Waals surface area (Å²) in [5, 5.41) is 0. The van der Waals surface area contributed by atoms with Crippen LogP contribution in [0.1, 0.15) is 12.8 Å². The molecule has 0 aromatic heterocycles. The molecule has 0 saturated heterocycles. The minimum absolute atomic E-state index is 0.0609. The van der Waals surface area contributed by atoms with Crippen molar-refractivity contribution in [1.82, 2.24) is 0 Å². The summed E-state index contributed by atoms with van der Waals surface area (Å²) in [7, 11) is -3.27. The van der Waals surface area contributed by atoms with Crippen molar-refractivity contribution in [2.24, 2.45) is 0 Å². The van der Waals surface area contributed by atoms with Crippen LogP contribution in [0.15, 0.2) is 29.2 Å². The predicted octanol–water partition coefficient (Wildman–Crippen LogP) is 2.62. The summed E-state index contributed by atoms with van der Waals surface area (Å²) in [5.74, 6) is 0.0827. The van der Waals surface area contributed by atoms with Gasteiger partial charge >= 0.3 is 0 Å². The third-order valence-electron chi connectivity index (χ3n) is 1.97. The van der Waals surface area contributed by atoms with Crippen molar-refractivity contribution in [3.8, 4) is 0 Å². The molecule has 0 aliphatic heterocycles. The molecule has 0 bridgehead atoms. The zero-order chi connectivity index (χ0) is 11.3. The van der Waals surface area contributed by atoms with Gasteiger partial charge in [-0.1, -0.05) is 0 Å². The molecule has 84 valence electrons. The number of hydrogen-bond donors (Lipinski definition) is 0. The van der Waals surface area contributed by atoms with Crippen LogP contribution < -0.4 is 0 Å². The molecule has 0 saturated carbocycles. The molecule has 0 N–H and O–H groups in total. The van der Waals surface area contributed by atoms with Crippen LogP contribution in [0.2, 0.25) is 0 Å². The Hall–Kier alpha value is -0.610. The van der Waals surface area contributed by atoms with Gasteiger partial charge in [0.1, 0.15) is 5.82 Å². The zero-order valence-corrected chi connectivity index (χ0v) is 9.69. The Labute approximate surface area is 94.0 Å². The molecule has 2 nitrogen and oxygen atoms in total. The molecule has 1 aromatic carbocycles. The average Bonchev–Trinajstić information content (AvgIpc) is 2.18. The number of rotatable bonds is 5. The first-order chi connectivity index (χ1) is 7.06. The predicted molar refractivity (Wildman–Crippen MR) is 58.4 cm³/mol. The van der Waals surface area contributed by atoms with Gasteiger partial charge in [0, 0.05) is 5.88 Å². The van der Waals surface area contributed by atoms with E-state index in [-0.39, 0.29) is 10.6 Å². The lowest BCUT2D eigenvalue weighted by Crippen LogP contribution is -2.06. The van der Waals surface area contributed by atoms with E-state index in [1.807, 2.05) is 0 Å². The van der Waals surface area contributed by atoms with Crippen LogP contribution in [0.25, 0.3) is 0 Å². The van der Waals surface area contributed by atoms with Crippen molar-refractivity contribution in [3.63, 3.8) is 0 Å². The first kappa shape index (κ1) is 12.5. The van der Waals surface area contributed by atoms with Crippen LogP contribution in [-0.4, -0.2) is 20.1 Å². The number of benzene rings is 1. The maximum Gasteiger partial charge on any atom is 0.178 e. The molecule has 0 heterocycles. The summed E-state index contributed by atoms with van der Waals surface area (Å²) in [4.78, 5) is 0.165. The van der Waals surface area contributed by atoms with Crippen LogP contribution >= 0.6 is 11.6 Å². The van der Waals surface area contributed by atoms with Crippen molar-refractivity contribution < 1.29 is 12.8 Å². The fourth-order valence-corrected chi connectivity index (χ4v) is 2.71. The average molecular weight is 251 g/mol. The molecular formula is C10H12ClFO2S. The lowest BCUT2D eigenvalue weighted by molar-refractivity contribution is 0.591. The van der Waals surface area contributed by atoms with E-state index in [1.165, 1.54) is 12.1 Å². The topological polar surface area (TPSA) is 34.1 Å². The van der Waals surface area contributed by atoms with Gasteiger partial charge in [-0.05, 0) is 37.1 Å². The van der Waals surface area contributed by atoms with Gasteiger partial charge in [-0.3, -0.25) is 0 Å². The SMILES string of the molecule is O=S(=O)(CCCCCl)c1ccc(F)cc1. The van der Waals surface area contributed by atoms with Crippen molar-refractivity contribution in [2.45, 2.75) is 17.7 Å². The molecule has 0 radical (unpaired) electrons. The first-order valence-electron chi connectivity index (χ1n) is 4.60. The second-order valence-corrected chi connectivity index (χ2v) is 5.66. The van der Waals surface area contributed by atoms with E-state index in [0.29, 0.717) is 18.7 Å². The molecule has 15 heavy (non-hydrogen) atoms. The van der Waals surface area contributed by atoms with Gasteiger partial charge in [0.2, 0.25) is 0 Å². The minimum Gasteiger partial charge on any atom is -0.224 e. The van der Waals surface area contributed by atoms with Crippen LogP contribution in [0.5, 0.6) is 0 Å². The van der Waals surface area contributed by atoms with E-state index in [4.69, 9.17) is 11.6 Å². The Morgan fingerprint density at radius 1 is 1.13 bits per heavy atom. The van der Waals surface area contributed by atoms with Crippen molar-refractivity contribution in [3.05, 3.63) is 30.1 Å². The van der Waals surface area contributed by atoms with Crippen molar-refractivity contribution >= 4 is 21.4 Å². The number of alkyl halides is 1. The Morgan fingerprint density at radius 2 is 1.73 bits per heavy atom. The lowest BCUT2D eigenvalue weighted by atomic mass is 10.3. The number of halogens is 2. The summed E-state index contributed by atoms with van der Waals surface area (Å²) in [6, 6.07) is 4.86. The second-order valence-electron chi connectivity index (χ2n) is 3.17.